The van der Waals surface area contributed by atoms with Crippen LogP contribution in [0.3, 0.4) is 0 Å². The summed E-state index contributed by atoms with van der Waals surface area (Å²) in [5.74, 6) is 0. The standard InChI is InChI=1S/C14H16N2O/c1-3-4-11-5-7-12(8-6-11)14-13(10-17)9-15-16(14)2/h5-10H,3-4H2,1-2H3. The molecule has 0 saturated carbocycles. The van der Waals surface area contributed by atoms with Gasteiger partial charge >= 0.3 is 0 Å². The predicted molar refractivity (Wildman–Crippen MR) is 68.0 cm³/mol. The maximum atomic E-state index is 10.9. The molecule has 0 aliphatic carbocycles. The SMILES string of the molecule is CCCc1ccc(-c2c(C=O)cnn2C)cc1. The van der Waals surface area contributed by atoms with Crippen molar-refractivity contribution in [2.45, 2.75) is 19.8 Å². The van der Waals surface area contributed by atoms with Gasteiger partial charge in [-0.2, -0.15) is 5.10 Å². The van der Waals surface area contributed by atoms with Crippen molar-refractivity contribution >= 4 is 6.29 Å². The van der Waals surface area contributed by atoms with Gasteiger partial charge in [-0.1, -0.05) is 37.6 Å². The lowest BCUT2D eigenvalue weighted by Gasteiger charge is -2.05. The molecular formula is C14H16N2O. The van der Waals surface area contributed by atoms with Crippen LogP contribution in [0.2, 0.25) is 0 Å². The molecule has 1 aromatic heterocycles. The maximum absolute atomic E-state index is 10.9. The van der Waals surface area contributed by atoms with E-state index in [4.69, 9.17) is 0 Å². The first-order chi connectivity index (χ1) is 8.26. The van der Waals surface area contributed by atoms with Gasteiger partial charge in [0.2, 0.25) is 0 Å². The molecular weight excluding hydrogens is 212 g/mol. The van der Waals surface area contributed by atoms with E-state index in [1.165, 1.54) is 5.56 Å². The highest BCUT2D eigenvalue weighted by molar-refractivity contribution is 5.85. The molecule has 1 aromatic carbocycles. The molecule has 1 heterocycles. The normalized spacial score (nSPS) is 10.5. The molecule has 0 aliphatic rings. The Hall–Kier alpha value is -1.90. The number of hydrogen-bond acceptors (Lipinski definition) is 2. The lowest BCUT2D eigenvalue weighted by atomic mass is 10.0. The van der Waals surface area contributed by atoms with Crippen LogP contribution in [0.4, 0.5) is 0 Å². The highest BCUT2D eigenvalue weighted by atomic mass is 16.1. The van der Waals surface area contributed by atoms with Crippen LogP contribution in [0.25, 0.3) is 11.3 Å². The third-order valence-corrected chi connectivity index (χ3v) is 2.86. The first kappa shape index (κ1) is 11.6. The Morgan fingerprint density at radius 2 is 2.00 bits per heavy atom. The number of aldehydes is 1. The summed E-state index contributed by atoms with van der Waals surface area (Å²) in [6.07, 6.45) is 4.68. The Morgan fingerprint density at radius 3 is 2.59 bits per heavy atom. The molecule has 3 nitrogen and oxygen atoms in total. The van der Waals surface area contributed by atoms with E-state index in [2.05, 4.69) is 36.3 Å². The van der Waals surface area contributed by atoms with Gasteiger partial charge in [-0.3, -0.25) is 9.48 Å². The van der Waals surface area contributed by atoms with Gasteiger partial charge in [-0.05, 0) is 12.0 Å². The number of hydrogen-bond donors (Lipinski definition) is 0. The van der Waals surface area contributed by atoms with E-state index in [-0.39, 0.29) is 0 Å². The zero-order valence-electron chi connectivity index (χ0n) is 10.2. The topological polar surface area (TPSA) is 34.9 Å². The second-order valence-corrected chi connectivity index (χ2v) is 4.14. The van der Waals surface area contributed by atoms with Crippen molar-refractivity contribution in [1.82, 2.24) is 9.78 Å². The monoisotopic (exact) mass is 228 g/mol. The van der Waals surface area contributed by atoms with Gasteiger partial charge in [0.1, 0.15) is 0 Å². The second kappa shape index (κ2) is 4.95. The van der Waals surface area contributed by atoms with E-state index in [0.29, 0.717) is 5.56 Å². The van der Waals surface area contributed by atoms with Crippen LogP contribution < -0.4 is 0 Å². The van der Waals surface area contributed by atoms with Crippen molar-refractivity contribution in [3.05, 3.63) is 41.6 Å². The van der Waals surface area contributed by atoms with E-state index in [1.54, 1.807) is 10.9 Å². The Labute approximate surface area is 101 Å². The maximum Gasteiger partial charge on any atom is 0.153 e. The van der Waals surface area contributed by atoms with Gasteiger partial charge in [0.05, 0.1) is 17.5 Å². The fraction of sp³-hybridized carbons (Fsp3) is 0.286. The minimum atomic E-state index is 0.635. The fourth-order valence-corrected chi connectivity index (χ4v) is 2.01. The highest BCUT2D eigenvalue weighted by Crippen LogP contribution is 2.22. The number of aryl methyl sites for hydroxylation is 2. The van der Waals surface area contributed by atoms with Crippen molar-refractivity contribution in [2.24, 2.45) is 7.05 Å². The van der Waals surface area contributed by atoms with Gasteiger partial charge in [0.15, 0.2) is 6.29 Å². The van der Waals surface area contributed by atoms with Crippen molar-refractivity contribution in [2.75, 3.05) is 0 Å². The number of carbonyl (C=O) groups is 1. The highest BCUT2D eigenvalue weighted by Gasteiger charge is 2.09. The first-order valence-electron chi connectivity index (χ1n) is 5.82. The van der Waals surface area contributed by atoms with E-state index >= 15 is 0 Å². The summed E-state index contributed by atoms with van der Waals surface area (Å²) in [4.78, 5) is 10.9. The van der Waals surface area contributed by atoms with Crippen molar-refractivity contribution < 1.29 is 4.79 Å². The largest absolute Gasteiger partial charge is 0.298 e. The lowest BCUT2D eigenvalue weighted by molar-refractivity contribution is 0.112. The summed E-state index contributed by atoms with van der Waals surface area (Å²) < 4.78 is 1.73. The van der Waals surface area contributed by atoms with E-state index in [1.807, 2.05) is 7.05 Å². The van der Waals surface area contributed by atoms with Crippen molar-refractivity contribution in [3.8, 4) is 11.3 Å². The summed E-state index contributed by atoms with van der Waals surface area (Å²) in [5.41, 5.74) is 3.87. The zero-order valence-corrected chi connectivity index (χ0v) is 10.2. The summed E-state index contributed by atoms with van der Waals surface area (Å²) >= 11 is 0. The van der Waals surface area contributed by atoms with Crippen LogP contribution in [0.15, 0.2) is 30.5 Å². The molecule has 0 aliphatic heterocycles. The molecule has 0 fully saturated rings. The van der Waals surface area contributed by atoms with Gasteiger partial charge in [-0.25, -0.2) is 0 Å². The predicted octanol–water partition coefficient (Wildman–Crippen LogP) is 2.85. The Kier molecular flexibility index (Phi) is 3.38. The molecule has 2 rings (SSSR count). The van der Waals surface area contributed by atoms with Crippen LogP contribution in [0, 0.1) is 0 Å². The summed E-state index contributed by atoms with van der Waals surface area (Å²) in [6.45, 7) is 2.17. The smallest absolute Gasteiger partial charge is 0.153 e. The van der Waals surface area contributed by atoms with Gasteiger partial charge in [-0.15, -0.1) is 0 Å². The quantitative estimate of drug-likeness (QED) is 0.754. The molecule has 0 atom stereocenters. The minimum Gasteiger partial charge on any atom is -0.298 e. The minimum absolute atomic E-state index is 0.635. The second-order valence-electron chi connectivity index (χ2n) is 4.14. The van der Waals surface area contributed by atoms with Crippen LogP contribution >= 0.6 is 0 Å². The Balaban J connectivity index is 2.39. The average Bonchev–Trinajstić information content (AvgIpc) is 2.72. The van der Waals surface area contributed by atoms with Crippen LogP contribution in [0.5, 0.6) is 0 Å². The number of carbonyl (C=O) groups excluding carboxylic acids is 1. The lowest BCUT2D eigenvalue weighted by Crippen LogP contribution is -1.95. The molecule has 0 amide bonds. The van der Waals surface area contributed by atoms with Crippen LogP contribution in [0.1, 0.15) is 29.3 Å². The Morgan fingerprint density at radius 1 is 1.29 bits per heavy atom. The summed E-state index contributed by atoms with van der Waals surface area (Å²) in [5, 5.41) is 4.11. The van der Waals surface area contributed by atoms with Gasteiger partial charge < -0.3 is 0 Å². The summed E-state index contributed by atoms with van der Waals surface area (Å²) in [7, 11) is 1.85. The zero-order chi connectivity index (χ0) is 12.3. The van der Waals surface area contributed by atoms with Gasteiger partial charge in [0.25, 0.3) is 0 Å². The number of benzene rings is 1. The molecule has 2 aromatic rings. The molecule has 3 heteroatoms. The Bertz CT molecular complexity index is 512. The molecule has 0 saturated heterocycles. The molecule has 0 spiro atoms. The van der Waals surface area contributed by atoms with Crippen molar-refractivity contribution in [3.63, 3.8) is 0 Å². The average molecular weight is 228 g/mol. The fourth-order valence-electron chi connectivity index (χ4n) is 2.01. The third kappa shape index (κ3) is 2.28. The van der Waals surface area contributed by atoms with Crippen molar-refractivity contribution in [1.29, 1.82) is 0 Å². The van der Waals surface area contributed by atoms with E-state index in [9.17, 15) is 4.79 Å². The van der Waals surface area contributed by atoms with Crippen LogP contribution in [-0.2, 0) is 13.5 Å². The van der Waals surface area contributed by atoms with Crippen LogP contribution in [-0.4, -0.2) is 16.1 Å². The molecule has 17 heavy (non-hydrogen) atoms. The number of nitrogens with zero attached hydrogens (tertiary/aromatic N) is 2. The van der Waals surface area contributed by atoms with Gasteiger partial charge in [0, 0.05) is 12.6 Å². The van der Waals surface area contributed by atoms with E-state index < -0.39 is 0 Å². The summed E-state index contributed by atoms with van der Waals surface area (Å²) in [6, 6.07) is 8.32. The molecule has 88 valence electrons. The molecule has 0 radical (unpaired) electrons. The first-order valence-corrected chi connectivity index (χ1v) is 5.82. The molecule has 0 bridgehead atoms. The molecule has 0 N–H and O–H groups in total. The molecule has 0 unspecified atom stereocenters. The van der Waals surface area contributed by atoms with E-state index in [0.717, 1.165) is 30.4 Å². The third-order valence-electron chi connectivity index (χ3n) is 2.86. The number of aromatic nitrogens is 2. The number of rotatable bonds is 4.